The normalized spacial score (nSPS) is 9.70. The van der Waals surface area contributed by atoms with Crippen molar-refractivity contribution in [3.63, 3.8) is 0 Å². The van der Waals surface area contributed by atoms with Gasteiger partial charge in [-0.3, -0.25) is 9.78 Å². The van der Waals surface area contributed by atoms with Crippen molar-refractivity contribution < 1.29 is 14.4 Å². The van der Waals surface area contributed by atoms with Crippen LogP contribution in [0.3, 0.4) is 0 Å². The lowest BCUT2D eigenvalue weighted by molar-refractivity contribution is 0.0949. The van der Waals surface area contributed by atoms with Crippen molar-refractivity contribution in [3.8, 4) is 11.8 Å². The highest BCUT2D eigenvalue weighted by atomic mass is 16.5. The van der Waals surface area contributed by atoms with Crippen LogP contribution < -0.4 is 5.32 Å². The van der Waals surface area contributed by atoms with E-state index in [1.165, 1.54) is 12.4 Å². The van der Waals surface area contributed by atoms with Gasteiger partial charge in [-0.05, 0) is 13.0 Å². The Kier molecular flexibility index (Phi) is 4.47. The van der Waals surface area contributed by atoms with E-state index in [0.717, 1.165) is 0 Å². The molecule has 0 fully saturated rings. The number of nitrogens with one attached hydrogen (secondary N) is 1. The zero-order valence-corrected chi connectivity index (χ0v) is 10.9. The summed E-state index contributed by atoms with van der Waals surface area (Å²) in [6, 6.07) is 3.36. The van der Waals surface area contributed by atoms with Crippen LogP contribution in [-0.2, 0) is 6.54 Å². The first kappa shape index (κ1) is 13.8. The SMILES string of the molecule is Cc1cc(CNC(=O)c2cncc(C#CCO)c2)no1. The standard InChI is InChI=1S/C14H13N3O3/c1-10-5-13(17-20-10)9-16-14(19)12-6-11(3-2-4-18)7-15-8-12/h5-8,18H,4,9H2,1H3,(H,16,19). The van der Waals surface area contributed by atoms with Gasteiger partial charge in [-0.1, -0.05) is 17.0 Å². The number of carbonyl (C=O) groups excluding carboxylic acids is 1. The maximum absolute atomic E-state index is 11.9. The van der Waals surface area contributed by atoms with Crippen LogP contribution in [0.25, 0.3) is 0 Å². The van der Waals surface area contributed by atoms with Gasteiger partial charge < -0.3 is 14.9 Å². The third-order valence-electron chi connectivity index (χ3n) is 2.42. The Morgan fingerprint density at radius 2 is 2.30 bits per heavy atom. The molecule has 0 aliphatic rings. The van der Waals surface area contributed by atoms with Gasteiger partial charge in [0, 0.05) is 24.0 Å². The second kappa shape index (κ2) is 6.50. The zero-order valence-electron chi connectivity index (χ0n) is 10.9. The summed E-state index contributed by atoms with van der Waals surface area (Å²) < 4.78 is 4.91. The molecule has 2 rings (SSSR count). The fourth-order valence-corrected chi connectivity index (χ4v) is 1.55. The molecule has 0 saturated carbocycles. The molecule has 0 aliphatic carbocycles. The Balaban J connectivity index is 2.01. The van der Waals surface area contributed by atoms with Gasteiger partial charge in [0.15, 0.2) is 0 Å². The van der Waals surface area contributed by atoms with Gasteiger partial charge in [0.25, 0.3) is 5.91 Å². The minimum Gasteiger partial charge on any atom is -0.384 e. The molecule has 0 radical (unpaired) electrons. The van der Waals surface area contributed by atoms with E-state index in [9.17, 15) is 4.79 Å². The number of hydrogen-bond acceptors (Lipinski definition) is 5. The molecule has 6 nitrogen and oxygen atoms in total. The minimum atomic E-state index is -0.272. The number of aliphatic hydroxyl groups is 1. The third-order valence-corrected chi connectivity index (χ3v) is 2.42. The molecule has 0 saturated heterocycles. The lowest BCUT2D eigenvalue weighted by Crippen LogP contribution is -2.23. The highest BCUT2D eigenvalue weighted by Gasteiger charge is 2.08. The van der Waals surface area contributed by atoms with Gasteiger partial charge in [0.1, 0.15) is 18.1 Å². The van der Waals surface area contributed by atoms with Crippen molar-refractivity contribution in [2.45, 2.75) is 13.5 Å². The van der Waals surface area contributed by atoms with E-state index in [-0.39, 0.29) is 19.1 Å². The van der Waals surface area contributed by atoms with E-state index in [1.807, 2.05) is 0 Å². The summed E-state index contributed by atoms with van der Waals surface area (Å²) in [6.07, 6.45) is 2.98. The summed E-state index contributed by atoms with van der Waals surface area (Å²) in [6.45, 7) is 1.83. The molecule has 6 heteroatoms. The topological polar surface area (TPSA) is 88.2 Å². The average molecular weight is 271 g/mol. The van der Waals surface area contributed by atoms with Crippen molar-refractivity contribution in [1.29, 1.82) is 0 Å². The van der Waals surface area contributed by atoms with Crippen LogP contribution in [0.1, 0.15) is 27.4 Å². The Bertz CT molecular complexity index is 668. The summed E-state index contributed by atoms with van der Waals surface area (Å²) in [7, 11) is 0. The van der Waals surface area contributed by atoms with Gasteiger partial charge in [-0.15, -0.1) is 0 Å². The monoisotopic (exact) mass is 271 g/mol. The van der Waals surface area contributed by atoms with Gasteiger partial charge in [0.05, 0.1) is 12.1 Å². The second-order valence-electron chi connectivity index (χ2n) is 4.03. The lowest BCUT2D eigenvalue weighted by Gasteiger charge is -2.02. The van der Waals surface area contributed by atoms with Crippen LogP contribution in [0, 0.1) is 18.8 Å². The molecule has 20 heavy (non-hydrogen) atoms. The Hall–Kier alpha value is -2.65. The maximum Gasteiger partial charge on any atom is 0.253 e. The Morgan fingerprint density at radius 3 is 3.00 bits per heavy atom. The number of amides is 1. The summed E-state index contributed by atoms with van der Waals surface area (Å²) in [4.78, 5) is 15.9. The molecule has 102 valence electrons. The number of rotatable bonds is 3. The largest absolute Gasteiger partial charge is 0.384 e. The number of aromatic nitrogens is 2. The summed E-state index contributed by atoms with van der Waals surface area (Å²) in [5, 5.41) is 15.1. The summed E-state index contributed by atoms with van der Waals surface area (Å²) in [5.74, 6) is 5.62. The van der Waals surface area contributed by atoms with E-state index in [2.05, 4.69) is 27.3 Å². The highest BCUT2D eigenvalue weighted by Crippen LogP contribution is 2.04. The number of aryl methyl sites for hydroxylation is 1. The first-order valence-corrected chi connectivity index (χ1v) is 5.94. The molecule has 2 N–H and O–H groups in total. The fourth-order valence-electron chi connectivity index (χ4n) is 1.55. The van der Waals surface area contributed by atoms with Crippen molar-refractivity contribution >= 4 is 5.91 Å². The predicted octanol–water partition coefficient (Wildman–Crippen LogP) is 0.652. The summed E-state index contributed by atoms with van der Waals surface area (Å²) >= 11 is 0. The van der Waals surface area contributed by atoms with Crippen molar-refractivity contribution in [2.24, 2.45) is 0 Å². The van der Waals surface area contributed by atoms with Crippen molar-refractivity contribution in [2.75, 3.05) is 6.61 Å². The van der Waals surface area contributed by atoms with Crippen LogP contribution in [0.5, 0.6) is 0 Å². The molecule has 2 aromatic rings. The van der Waals surface area contributed by atoms with Crippen LogP contribution in [-0.4, -0.2) is 27.8 Å². The van der Waals surface area contributed by atoms with Crippen molar-refractivity contribution in [3.05, 3.63) is 47.1 Å². The zero-order chi connectivity index (χ0) is 14.4. The molecule has 2 heterocycles. The fraction of sp³-hybridized carbons (Fsp3) is 0.214. The maximum atomic E-state index is 11.9. The predicted molar refractivity (Wildman–Crippen MR) is 70.6 cm³/mol. The molecule has 0 atom stereocenters. The molecule has 0 unspecified atom stereocenters. The van der Waals surface area contributed by atoms with E-state index >= 15 is 0 Å². The number of nitrogens with zero attached hydrogens (tertiary/aromatic N) is 2. The van der Waals surface area contributed by atoms with E-state index < -0.39 is 0 Å². The second-order valence-corrected chi connectivity index (χ2v) is 4.03. The van der Waals surface area contributed by atoms with Crippen LogP contribution >= 0.6 is 0 Å². The van der Waals surface area contributed by atoms with Crippen LogP contribution in [0.4, 0.5) is 0 Å². The minimum absolute atomic E-state index is 0.234. The van der Waals surface area contributed by atoms with Gasteiger partial charge >= 0.3 is 0 Å². The van der Waals surface area contributed by atoms with Gasteiger partial charge in [-0.2, -0.15) is 0 Å². The molecule has 2 aromatic heterocycles. The van der Waals surface area contributed by atoms with Gasteiger partial charge in [0.2, 0.25) is 0 Å². The quantitative estimate of drug-likeness (QED) is 0.800. The third kappa shape index (κ3) is 3.67. The number of hydrogen-bond donors (Lipinski definition) is 2. The molecular weight excluding hydrogens is 258 g/mol. The smallest absolute Gasteiger partial charge is 0.253 e. The van der Waals surface area contributed by atoms with Crippen LogP contribution in [0.15, 0.2) is 29.0 Å². The first-order valence-electron chi connectivity index (χ1n) is 5.94. The molecule has 0 bridgehead atoms. The molecular formula is C14H13N3O3. The Morgan fingerprint density at radius 1 is 1.45 bits per heavy atom. The van der Waals surface area contributed by atoms with Crippen LogP contribution in [0.2, 0.25) is 0 Å². The number of pyridine rings is 1. The van der Waals surface area contributed by atoms with Gasteiger partial charge in [-0.25, -0.2) is 0 Å². The van der Waals surface area contributed by atoms with Crippen molar-refractivity contribution in [1.82, 2.24) is 15.5 Å². The molecule has 0 aliphatic heterocycles. The average Bonchev–Trinajstić information content (AvgIpc) is 2.88. The highest BCUT2D eigenvalue weighted by molar-refractivity contribution is 5.94. The molecule has 1 amide bonds. The van der Waals surface area contributed by atoms with E-state index in [0.29, 0.717) is 22.6 Å². The molecule has 0 spiro atoms. The Labute approximate surface area is 115 Å². The van der Waals surface area contributed by atoms with E-state index in [4.69, 9.17) is 9.63 Å². The number of aliphatic hydroxyl groups excluding tert-OH is 1. The number of carbonyl (C=O) groups is 1. The van der Waals surface area contributed by atoms with E-state index in [1.54, 1.807) is 19.1 Å². The molecule has 0 aromatic carbocycles. The summed E-state index contributed by atoms with van der Waals surface area (Å²) in [5.41, 5.74) is 1.62. The lowest BCUT2D eigenvalue weighted by atomic mass is 10.2. The first-order chi connectivity index (χ1) is 9.69.